The number of methoxy groups -OCH3 is 2. The number of benzene rings is 1. The van der Waals surface area contributed by atoms with E-state index in [0.717, 1.165) is 5.56 Å². The summed E-state index contributed by atoms with van der Waals surface area (Å²) in [4.78, 5) is 16.1. The highest BCUT2D eigenvalue weighted by Crippen LogP contribution is 2.28. The molecule has 8 heteroatoms. The predicted octanol–water partition coefficient (Wildman–Crippen LogP) is 2.66. The van der Waals surface area contributed by atoms with Gasteiger partial charge in [-0.3, -0.25) is 9.63 Å². The lowest BCUT2D eigenvalue weighted by Crippen LogP contribution is -2.35. The molecule has 0 aliphatic heterocycles. The number of carbonyl (C=O) groups excluding carboxylic acids is 1. The zero-order valence-electron chi connectivity index (χ0n) is 10.9. The second kappa shape index (κ2) is 7.78. The Morgan fingerprint density at radius 2 is 1.85 bits per heavy atom. The van der Waals surface area contributed by atoms with E-state index in [2.05, 4.69) is 5.48 Å². The maximum Gasteiger partial charge on any atom is 0.295 e. The lowest BCUT2D eigenvalue weighted by atomic mass is 10.1. The van der Waals surface area contributed by atoms with E-state index in [1.165, 1.54) is 0 Å². The van der Waals surface area contributed by atoms with E-state index >= 15 is 0 Å². The molecule has 1 rings (SSSR count). The number of hydrogen-bond donors (Lipinski definition) is 1. The van der Waals surface area contributed by atoms with Crippen LogP contribution in [-0.2, 0) is 16.1 Å². The van der Waals surface area contributed by atoms with Gasteiger partial charge in [-0.1, -0.05) is 40.9 Å². The molecule has 5 nitrogen and oxygen atoms in total. The average molecular weight is 343 g/mol. The molecule has 0 bridgehead atoms. The van der Waals surface area contributed by atoms with Gasteiger partial charge in [-0.2, -0.15) is 0 Å². The monoisotopic (exact) mass is 341 g/mol. The van der Waals surface area contributed by atoms with E-state index in [1.807, 2.05) is 12.1 Å². The Labute approximate surface area is 132 Å². The highest BCUT2D eigenvalue weighted by molar-refractivity contribution is 6.76. The summed E-state index contributed by atoms with van der Waals surface area (Å²) in [5.74, 6) is 0.423. The van der Waals surface area contributed by atoms with Crippen molar-refractivity contribution in [3.05, 3.63) is 23.8 Å². The van der Waals surface area contributed by atoms with Crippen LogP contribution in [0.1, 0.15) is 5.56 Å². The Balaban J connectivity index is 2.45. The highest BCUT2D eigenvalue weighted by Gasteiger charge is 2.30. The Morgan fingerprint density at radius 3 is 2.40 bits per heavy atom. The third kappa shape index (κ3) is 5.25. The van der Waals surface area contributed by atoms with Crippen LogP contribution in [0.3, 0.4) is 0 Å². The largest absolute Gasteiger partial charge is 0.493 e. The lowest BCUT2D eigenvalue weighted by Gasteiger charge is -2.12. The van der Waals surface area contributed by atoms with Crippen LogP contribution in [-0.4, -0.2) is 30.5 Å². The lowest BCUT2D eigenvalue weighted by molar-refractivity contribution is -0.132. The maximum absolute atomic E-state index is 11.2. The number of carbonyl (C=O) groups is 1. The van der Waals surface area contributed by atoms with Gasteiger partial charge in [0.15, 0.2) is 11.5 Å². The molecule has 1 amide bonds. The third-order valence-corrected chi connectivity index (χ3v) is 2.88. The smallest absolute Gasteiger partial charge is 0.295 e. The fourth-order valence-electron chi connectivity index (χ4n) is 1.38. The van der Waals surface area contributed by atoms with Gasteiger partial charge in [0.1, 0.15) is 0 Å². The molecule has 0 radical (unpaired) electrons. The number of nitrogens with one attached hydrogen (secondary N) is 1. The van der Waals surface area contributed by atoms with Crippen LogP contribution < -0.4 is 15.0 Å². The summed E-state index contributed by atoms with van der Waals surface area (Å²) in [6.07, 6.45) is 0.542. The van der Waals surface area contributed by atoms with E-state index in [1.54, 1.807) is 20.3 Å². The molecule has 112 valence electrons. The van der Waals surface area contributed by atoms with Crippen molar-refractivity contribution >= 4 is 40.7 Å². The van der Waals surface area contributed by atoms with Gasteiger partial charge < -0.3 is 9.47 Å². The summed E-state index contributed by atoms with van der Waals surface area (Å²) >= 11 is 16.1. The average Bonchev–Trinajstić information content (AvgIpc) is 2.41. The quantitative estimate of drug-likeness (QED) is 0.490. The van der Waals surface area contributed by atoms with Crippen LogP contribution in [0, 0.1) is 0 Å². The van der Waals surface area contributed by atoms with Crippen molar-refractivity contribution in [1.82, 2.24) is 5.48 Å². The van der Waals surface area contributed by atoms with E-state index in [0.29, 0.717) is 17.9 Å². The highest BCUT2D eigenvalue weighted by atomic mass is 35.6. The predicted molar refractivity (Wildman–Crippen MR) is 77.6 cm³/mol. The Morgan fingerprint density at radius 1 is 1.20 bits per heavy atom. The summed E-state index contributed by atoms with van der Waals surface area (Å²) in [5, 5.41) is 0. The molecular weight excluding hydrogens is 328 g/mol. The number of ether oxygens (including phenoxy) is 2. The van der Waals surface area contributed by atoms with Gasteiger partial charge >= 0.3 is 0 Å². The summed E-state index contributed by atoms with van der Waals surface area (Å²) in [5.41, 5.74) is 3.00. The fourth-order valence-corrected chi connectivity index (χ4v) is 1.50. The van der Waals surface area contributed by atoms with Crippen LogP contribution in [0.5, 0.6) is 11.5 Å². The minimum atomic E-state index is -2.04. The summed E-state index contributed by atoms with van der Waals surface area (Å²) in [7, 11) is 3.12. The van der Waals surface area contributed by atoms with Crippen LogP contribution in [0.4, 0.5) is 0 Å². The van der Waals surface area contributed by atoms with Crippen LogP contribution in [0.25, 0.3) is 0 Å². The Kier molecular flexibility index (Phi) is 6.68. The summed E-state index contributed by atoms with van der Waals surface area (Å²) < 4.78 is 8.27. The zero-order valence-corrected chi connectivity index (χ0v) is 13.2. The van der Waals surface area contributed by atoms with Crippen molar-refractivity contribution in [2.45, 2.75) is 10.2 Å². The first-order valence-corrected chi connectivity index (χ1v) is 6.71. The van der Waals surface area contributed by atoms with Gasteiger partial charge in [0.25, 0.3) is 9.70 Å². The van der Waals surface area contributed by atoms with Gasteiger partial charge in [-0.15, -0.1) is 0 Å². The molecule has 0 aliphatic carbocycles. The van der Waals surface area contributed by atoms with Crippen molar-refractivity contribution in [3.63, 3.8) is 0 Å². The normalized spacial score (nSPS) is 11.1. The number of hydrogen-bond acceptors (Lipinski definition) is 4. The first kappa shape index (κ1) is 17.2. The molecule has 0 fully saturated rings. The van der Waals surface area contributed by atoms with Crippen molar-refractivity contribution in [2.75, 3.05) is 20.8 Å². The fraction of sp³-hybridized carbons (Fsp3) is 0.417. The third-order valence-electron chi connectivity index (χ3n) is 2.36. The molecule has 0 aromatic heterocycles. The van der Waals surface area contributed by atoms with Crippen molar-refractivity contribution < 1.29 is 19.1 Å². The van der Waals surface area contributed by atoms with Crippen LogP contribution >= 0.6 is 34.8 Å². The first-order chi connectivity index (χ1) is 9.38. The molecule has 0 spiro atoms. The van der Waals surface area contributed by atoms with E-state index in [9.17, 15) is 4.79 Å². The van der Waals surface area contributed by atoms with Gasteiger partial charge in [0.2, 0.25) is 0 Å². The molecule has 0 saturated heterocycles. The molecule has 0 heterocycles. The molecule has 20 heavy (non-hydrogen) atoms. The Bertz CT molecular complexity index is 463. The number of hydroxylamine groups is 1. The summed E-state index contributed by atoms with van der Waals surface area (Å²) in [6.45, 7) is 0.224. The SMILES string of the molecule is COc1ccc(CCONC(=O)C(Cl)(Cl)Cl)cc1OC. The maximum atomic E-state index is 11.2. The molecule has 1 aromatic rings. The molecule has 0 aliphatic rings. The molecule has 0 unspecified atom stereocenters. The second-order valence-electron chi connectivity index (χ2n) is 3.72. The number of amides is 1. The second-order valence-corrected chi connectivity index (χ2v) is 6.00. The van der Waals surface area contributed by atoms with Gasteiger partial charge in [-0.05, 0) is 24.1 Å². The number of halogens is 3. The standard InChI is InChI=1S/C12H14Cl3NO4/c1-18-9-4-3-8(7-10(9)19-2)5-6-20-16-11(17)12(13,14)15/h3-4,7H,5-6H2,1-2H3,(H,16,17). The van der Waals surface area contributed by atoms with Crippen molar-refractivity contribution in [1.29, 1.82) is 0 Å². The summed E-state index contributed by atoms with van der Waals surface area (Å²) in [6, 6.07) is 5.47. The number of alkyl halides is 3. The van der Waals surface area contributed by atoms with Gasteiger partial charge in [0.05, 0.1) is 20.8 Å². The van der Waals surface area contributed by atoms with Crippen molar-refractivity contribution in [2.24, 2.45) is 0 Å². The van der Waals surface area contributed by atoms with Gasteiger partial charge in [0, 0.05) is 0 Å². The van der Waals surface area contributed by atoms with Crippen LogP contribution in [0.2, 0.25) is 0 Å². The van der Waals surface area contributed by atoms with E-state index in [-0.39, 0.29) is 6.61 Å². The zero-order chi connectivity index (χ0) is 15.2. The van der Waals surface area contributed by atoms with E-state index < -0.39 is 9.70 Å². The molecule has 0 atom stereocenters. The molecular formula is C12H14Cl3NO4. The molecule has 0 saturated carbocycles. The molecule has 1 aromatic carbocycles. The first-order valence-electron chi connectivity index (χ1n) is 5.58. The minimum Gasteiger partial charge on any atom is -0.493 e. The van der Waals surface area contributed by atoms with Gasteiger partial charge in [-0.25, -0.2) is 5.48 Å². The Hall–Kier alpha value is -0.880. The van der Waals surface area contributed by atoms with E-state index in [4.69, 9.17) is 49.1 Å². The van der Waals surface area contributed by atoms with Crippen molar-refractivity contribution in [3.8, 4) is 11.5 Å². The molecule has 1 N–H and O–H groups in total. The minimum absolute atomic E-state index is 0.224. The topological polar surface area (TPSA) is 56.8 Å². The number of rotatable bonds is 6. The van der Waals surface area contributed by atoms with Crippen LogP contribution in [0.15, 0.2) is 18.2 Å².